The molecule has 2 aromatic heterocycles. The van der Waals surface area contributed by atoms with Crippen LogP contribution in [0.3, 0.4) is 0 Å². The van der Waals surface area contributed by atoms with Gasteiger partial charge >= 0.3 is 0 Å². The summed E-state index contributed by atoms with van der Waals surface area (Å²) in [7, 11) is 7.16. The molecule has 320 valence electrons. The van der Waals surface area contributed by atoms with Crippen LogP contribution in [0.2, 0.25) is 0 Å². The molecule has 2 atom stereocenters. The van der Waals surface area contributed by atoms with Gasteiger partial charge in [0, 0.05) is 63.8 Å². The predicted molar refractivity (Wildman–Crippen MR) is 222 cm³/mol. The fourth-order valence-electron chi connectivity index (χ4n) is 9.29. The molecule has 3 fully saturated rings. The maximum atomic E-state index is 13.3. The molecule has 4 aromatic rings. The first-order valence-electron chi connectivity index (χ1n) is 20.6. The van der Waals surface area contributed by atoms with Crippen LogP contribution >= 0.6 is 0 Å². The number of fused-ring (bicyclic) bond motifs is 2. The zero-order valence-corrected chi connectivity index (χ0v) is 34.9. The highest BCUT2D eigenvalue weighted by Crippen LogP contribution is 2.59. The highest BCUT2D eigenvalue weighted by atomic mass is 16.5. The van der Waals surface area contributed by atoms with Crippen molar-refractivity contribution in [1.82, 2.24) is 29.6 Å². The van der Waals surface area contributed by atoms with Crippen LogP contribution in [-0.2, 0) is 32.7 Å². The van der Waals surface area contributed by atoms with Gasteiger partial charge in [0.25, 0.3) is 17.4 Å². The number of aryl methyl sites for hydroxylation is 1. The number of aromatic nitrogens is 2. The zero-order valence-electron chi connectivity index (χ0n) is 34.9. The van der Waals surface area contributed by atoms with Crippen molar-refractivity contribution in [3.05, 3.63) is 82.0 Å². The summed E-state index contributed by atoms with van der Waals surface area (Å²) in [6.07, 6.45) is 8.51. The highest BCUT2D eigenvalue weighted by molar-refractivity contribution is 6.24. The first-order chi connectivity index (χ1) is 29.4. The Morgan fingerprint density at radius 2 is 1.69 bits per heavy atom. The topological polar surface area (TPSA) is 179 Å². The maximum Gasteiger partial charge on any atom is 0.266 e. The Morgan fingerprint density at radius 3 is 2.41 bits per heavy atom. The number of hydrogen-bond donors (Lipinski definition) is 1. The maximum absolute atomic E-state index is 13.3. The number of likely N-dealkylation sites (tertiary alicyclic amines) is 1. The number of rotatable bonds is 15. The van der Waals surface area contributed by atoms with Crippen molar-refractivity contribution >= 4 is 40.3 Å². The van der Waals surface area contributed by atoms with Crippen molar-refractivity contribution in [2.24, 2.45) is 18.4 Å². The summed E-state index contributed by atoms with van der Waals surface area (Å²) in [5.41, 5.74) is 3.06. The van der Waals surface area contributed by atoms with Gasteiger partial charge in [0.05, 0.1) is 55.9 Å². The van der Waals surface area contributed by atoms with Crippen molar-refractivity contribution in [3.63, 3.8) is 0 Å². The zero-order chi connectivity index (χ0) is 43.0. The number of pyridine rings is 2. The number of imide groups is 2. The van der Waals surface area contributed by atoms with E-state index in [0.29, 0.717) is 42.4 Å². The fraction of sp³-hybridized carbons (Fsp3) is 0.444. The second-order valence-corrected chi connectivity index (χ2v) is 16.4. The summed E-state index contributed by atoms with van der Waals surface area (Å²) in [6.45, 7) is 3.43. The third-order valence-electron chi connectivity index (χ3n) is 12.7. The van der Waals surface area contributed by atoms with Crippen LogP contribution in [0, 0.1) is 11.3 Å². The third-order valence-corrected chi connectivity index (χ3v) is 12.7. The molecule has 2 saturated heterocycles. The summed E-state index contributed by atoms with van der Waals surface area (Å²) < 4.78 is 24.9. The van der Waals surface area contributed by atoms with Crippen LogP contribution < -0.4 is 25.1 Å². The van der Waals surface area contributed by atoms with Gasteiger partial charge in [-0.15, -0.1) is 0 Å². The van der Waals surface area contributed by atoms with Gasteiger partial charge < -0.3 is 33.3 Å². The van der Waals surface area contributed by atoms with Crippen molar-refractivity contribution in [3.8, 4) is 28.4 Å². The molecule has 16 heteroatoms. The number of piperidine rings is 2. The number of methoxy groups -OCH3 is 2. The van der Waals surface area contributed by atoms with Crippen LogP contribution in [0.4, 0.5) is 0 Å². The summed E-state index contributed by atoms with van der Waals surface area (Å²) in [6, 6.07) is 9.49. The molecular formula is C45H50N6O10. The third kappa shape index (κ3) is 8.09. The van der Waals surface area contributed by atoms with Crippen molar-refractivity contribution in [1.29, 1.82) is 0 Å². The van der Waals surface area contributed by atoms with Gasteiger partial charge in [0.15, 0.2) is 0 Å². The van der Waals surface area contributed by atoms with E-state index in [2.05, 4.69) is 22.2 Å². The molecule has 8 rings (SSSR count). The lowest BCUT2D eigenvalue weighted by atomic mass is 9.90. The van der Waals surface area contributed by atoms with E-state index in [-0.39, 0.29) is 72.8 Å². The van der Waals surface area contributed by atoms with Gasteiger partial charge in [-0.05, 0) is 85.3 Å². The SMILES string of the molecule is COc1cc(-c2cn(C)c(=O)c3cnccc23)cc(OC)c1CN(C)CC1CC12CCN(C(=O)CCOCCOc1cccc3c1C(=O)N(C1CCC(=O)NC1=O)C3=O)CC2. The molecule has 4 aliphatic rings. The van der Waals surface area contributed by atoms with E-state index in [0.717, 1.165) is 52.8 Å². The van der Waals surface area contributed by atoms with Gasteiger partial charge in [-0.1, -0.05) is 6.07 Å². The van der Waals surface area contributed by atoms with E-state index in [1.54, 1.807) is 50.4 Å². The van der Waals surface area contributed by atoms with Crippen LogP contribution in [0.25, 0.3) is 21.9 Å². The van der Waals surface area contributed by atoms with Gasteiger partial charge in [-0.25, -0.2) is 0 Å². The van der Waals surface area contributed by atoms with Gasteiger partial charge in [0.1, 0.15) is 29.9 Å². The van der Waals surface area contributed by atoms with E-state index in [1.165, 1.54) is 6.07 Å². The van der Waals surface area contributed by atoms with Crippen molar-refractivity contribution in [2.45, 2.75) is 51.1 Å². The predicted octanol–water partition coefficient (Wildman–Crippen LogP) is 3.57. The fourth-order valence-corrected chi connectivity index (χ4v) is 9.29. The molecule has 0 bridgehead atoms. The molecule has 0 radical (unpaired) electrons. The summed E-state index contributed by atoms with van der Waals surface area (Å²) in [5, 5.41) is 3.55. The Kier molecular flexibility index (Phi) is 11.7. The molecule has 1 aliphatic carbocycles. The van der Waals surface area contributed by atoms with E-state index < -0.39 is 29.7 Å². The Balaban J connectivity index is 0.781. The minimum absolute atomic E-state index is 0.0371. The Labute approximate surface area is 352 Å². The van der Waals surface area contributed by atoms with Crippen LogP contribution in [0.1, 0.15) is 64.8 Å². The molecule has 16 nitrogen and oxygen atoms in total. The lowest BCUT2D eigenvalue weighted by Gasteiger charge is -2.33. The standard InChI is InChI=1S/C45H50N6O10/c1-48(25-33-36(58-3)20-27(21-37(33)59-4)32-26-49(2)42(55)31-23-46-14-10-29(31)32)24-28-22-45(28)12-15-50(16-13-45)39(53)11-17-60-18-19-61-35-7-5-6-30-40(35)44(57)51(43(30)56)34-8-9-38(52)47-41(34)54/h5-7,10,14,20-21,23,26,28,34H,8-9,11-13,15-19,22,24-25H2,1-4H3,(H,47,52,54). The van der Waals surface area contributed by atoms with Crippen LogP contribution in [0.5, 0.6) is 17.2 Å². The van der Waals surface area contributed by atoms with Gasteiger partial charge in [-0.2, -0.15) is 0 Å². The molecule has 1 N–H and O–H groups in total. The van der Waals surface area contributed by atoms with Crippen LogP contribution in [-0.4, -0.2) is 121 Å². The summed E-state index contributed by atoms with van der Waals surface area (Å²) in [4.78, 5) is 85.6. The average Bonchev–Trinajstić information content (AvgIpc) is 3.84. The average molecular weight is 835 g/mol. The first-order valence-corrected chi connectivity index (χ1v) is 20.6. The summed E-state index contributed by atoms with van der Waals surface area (Å²) >= 11 is 0. The number of nitrogens with zero attached hydrogens (tertiary/aromatic N) is 5. The molecule has 3 aliphatic heterocycles. The van der Waals surface area contributed by atoms with Gasteiger partial charge in [0.2, 0.25) is 17.7 Å². The van der Waals surface area contributed by atoms with Gasteiger partial charge in [-0.3, -0.25) is 44.0 Å². The molecule has 1 spiro atoms. The summed E-state index contributed by atoms with van der Waals surface area (Å²) in [5.74, 6) is -0.150. The smallest absolute Gasteiger partial charge is 0.266 e. The van der Waals surface area contributed by atoms with E-state index >= 15 is 0 Å². The van der Waals surface area contributed by atoms with E-state index in [4.69, 9.17) is 18.9 Å². The number of ether oxygens (including phenoxy) is 4. The van der Waals surface area contributed by atoms with E-state index in [1.807, 2.05) is 29.3 Å². The number of carbonyl (C=O) groups is 5. The van der Waals surface area contributed by atoms with Crippen molar-refractivity contribution in [2.75, 3.05) is 60.7 Å². The molecule has 5 heterocycles. The normalized spacial score (nSPS) is 19.4. The minimum Gasteiger partial charge on any atom is -0.496 e. The monoisotopic (exact) mass is 834 g/mol. The lowest BCUT2D eigenvalue weighted by molar-refractivity contribution is -0.136. The second kappa shape index (κ2) is 17.1. The molecular weight excluding hydrogens is 785 g/mol. The van der Waals surface area contributed by atoms with Crippen LogP contribution in [0.15, 0.2) is 59.8 Å². The first kappa shape index (κ1) is 41.6. The molecule has 2 aromatic carbocycles. The number of amides is 5. The number of hydrogen-bond acceptors (Lipinski definition) is 12. The quantitative estimate of drug-likeness (QED) is 0.136. The second-order valence-electron chi connectivity index (χ2n) is 16.4. The Morgan fingerprint density at radius 1 is 0.934 bits per heavy atom. The molecule has 1 saturated carbocycles. The lowest BCUT2D eigenvalue weighted by Crippen LogP contribution is -2.54. The minimum atomic E-state index is -1.06. The van der Waals surface area contributed by atoms with Crippen molar-refractivity contribution < 1.29 is 42.9 Å². The number of carbonyl (C=O) groups excluding carboxylic acids is 5. The largest absolute Gasteiger partial charge is 0.496 e. The number of benzene rings is 2. The molecule has 5 amide bonds. The van der Waals surface area contributed by atoms with E-state index in [9.17, 15) is 28.8 Å². The number of nitrogens with one attached hydrogen (secondary N) is 1. The highest BCUT2D eigenvalue weighted by Gasteiger charge is 2.55. The molecule has 61 heavy (non-hydrogen) atoms. The Bertz CT molecular complexity index is 2450. The Hall–Kier alpha value is -6.13. The molecule has 2 unspecified atom stereocenters.